The number of nitrogen functional groups attached to an aromatic ring is 1. The molecule has 0 saturated carbocycles. The molecule has 7 nitrogen and oxygen atoms in total. The molecule has 2 heterocycles. The van der Waals surface area contributed by atoms with E-state index in [0.29, 0.717) is 19.5 Å². The Morgan fingerprint density at radius 2 is 1.74 bits per heavy atom. The maximum atomic E-state index is 13.3. The molecule has 1 aliphatic heterocycles. The Balaban J connectivity index is 1.62. The van der Waals surface area contributed by atoms with Crippen molar-refractivity contribution >= 4 is 21.7 Å². The number of anilines is 1. The van der Waals surface area contributed by atoms with Gasteiger partial charge in [-0.05, 0) is 67.5 Å². The van der Waals surface area contributed by atoms with Crippen molar-refractivity contribution in [2.45, 2.75) is 50.7 Å². The maximum absolute atomic E-state index is 13.3. The van der Waals surface area contributed by atoms with Gasteiger partial charge in [0.25, 0.3) is 15.9 Å². The summed E-state index contributed by atoms with van der Waals surface area (Å²) in [6.45, 7) is 7.44. The molecule has 1 aromatic heterocycles. The molecule has 178 valence electrons. The van der Waals surface area contributed by atoms with Crippen LogP contribution in [0.25, 0.3) is 0 Å². The largest absolute Gasteiger partial charge is 0.384 e. The summed E-state index contributed by atoms with van der Waals surface area (Å²) in [5.74, 6) is -0.353. The molecule has 1 saturated heterocycles. The number of hydrogen-bond acceptors (Lipinski definition) is 6. The van der Waals surface area contributed by atoms with Crippen molar-refractivity contribution in [3.63, 3.8) is 0 Å². The minimum atomic E-state index is -4.14. The van der Waals surface area contributed by atoms with Crippen molar-refractivity contribution in [1.29, 1.82) is 0 Å². The fourth-order valence-electron chi connectivity index (χ4n) is 4.81. The lowest BCUT2D eigenvalue weighted by atomic mass is 9.96. The van der Waals surface area contributed by atoms with Crippen LogP contribution >= 0.6 is 0 Å². The molecule has 8 heteroatoms. The number of aryl methyl sites for hydroxylation is 3. The van der Waals surface area contributed by atoms with E-state index in [0.717, 1.165) is 22.3 Å². The standard InChI is InChI=1S/C26H30N4O3S/c1-17-12-18(2)22(19(3)13-17)16-30-15-21(20-8-5-4-6-9-20)14-23(30)26(31)29-34(32,33)25-11-7-10-24(27)28-25/h4-13,21,23H,14-16H2,1-3H3,(H2,27,28)(H,29,31)/t21-,23?/m1/s1. The van der Waals surface area contributed by atoms with E-state index >= 15 is 0 Å². The molecule has 1 unspecified atom stereocenters. The number of carbonyl (C=O) groups excluding carboxylic acids is 1. The zero-order valence-corrected chi connectivity index (χ0v) is 20.5. The average molecular weight is 479 g/mol. The molecule has 2 atom stereocenters. The van der Waals surface area contributed by atoms with E-state index in [9.17, 15) is 13.2 Å². The molecule has 0 spiro atoms. The van der Waals surface area contributed by atoms with Crippen molar-refractivity contribution in [3.8, 4) is 0 Å². The van der Waals surface area contributed by atoms with Gasteiger partial charge < -0.3 is 5.73 Å². The number of pyridine rings is 1. The van der Waals surface area contributed by atoms with Crippen LogP contribution in [-0.4, -0.2) is 36.8 Å². The van der Waals surface area contributed by atoms with Crippen LogP contribution in [0.2, 0.25) is 0 Å². The number of amides is 1. The SMILES string of the molecule is Cc1cc(C)c(CN2C[C@H](c3ccccc3)CC2C(=O)NS(=O)(=O)c2cccc(N)n2)c(C)c1. The number of aromatic nitrogens is 1. The monoisotopic (exact) mass is 478 g/mol. The molecule has 1 aliphatic rings. The van der Waals surface area contributed by atoms with Crippen molar-refractivity contribution in [3.05, 3.63) is 88.5 Å². The highest BCUT2D eigenvalue weighted by atomic mass is 32.2. The summed E-state index contributed by atoms with van der Waals surface area (Å²) in [5, 5.41) is -0.268. The molecule has 3 N–H and O–H groups in total. The predicted octanol–water partition coefficient (Wildman–Crippen LogP) is 3.45. The van der Waals surface area contributed by atoms with Crippen molar-refractivity contribution < 1.29 is 13.2 Å². The minimum Gasteiger partial charge on any atom is -0.384 e. The van der Waals surface area contributed by atoms with Crippen LogP contribution in [0.4, 0.5) is 5.82 Å². The molecular formula is C26H30N4O3S. The second-order valence-corrected chi connectivity index (χ2v) is 10.7. The van der Waals surface area contributed by atoms with E-state index < -0.39 is 22.0 Å². The van der Waals surface area contributed by atoms with Gasteiger partial charge in [-0.3, -0.25) is 9.69 Å². The second kappa shape index (κ2) is 9.56. The second-order valence-electron chi connectivity index (χ2n) is 9.04. The van der Waals surface area contributed by atoms with Gasteiger partial charge in [-0.2, -0.15) is 8.42 Å². The van der Waals surface area contributed by atoms with Crippen LogP contribution in [0.15, 0.2) is 65.7 Å². The van der Waals surface area contributed by atoms with Crippen molar-refractivity contribution in [2.24, 2.45) is 0 Å². The number of sulfonamides is 1. The van der Waals surface area contributed by atoms with E-state index in [-0.39, 0.29) is 16.8 Å². The summed E-state index contributed by atoms with van der Waals surface area (Å²) in [6, 6.07) is 18.0. The summed E-state index contributed by atoms with van der Waals surface area (Å²) in [5.41, 5.74) is 11.5. The Morgan fingerprint density at radius 1 is 1.06 bits per heavy atom. The Morgan fingerprint density at radius 3 is 2.38 bits per heavy atom. The highest BCUT2D eigenvalue weighted by molar-refractivity contribution is 7.90. The van der Waals surface area contributed by atoms with Gasteiger partial charge in [-0.25, -0.2) is 9.71 Å². The maximum Gasteiger partial charge on any atom is 0.281 e. The van der Waals surface area contributed by atoms with Gasteiger partial charge in [0, 0.05) is 13.1 Å². The molecule has 4 rings (SSSR count). The van der Waals surface area contributed by atoms with Gasteiger partial charge in [-0.1, -0.05) is 54.1 Å². The van der Waals surface area contributed by atoms with E-state index in [1.54, 1.807) is 0 Å². The van der Waals surface area contributed by atoms with Gasteiger partial charge in [0.15, 0.2) is 5.03 Å². The third kappa shape index (κ3) is 5.13. The van der Waals surface area contributed by atoms with Crippen LogP contribution in [0.1, 0.15) is 40.2 Å². The Hall–Kier alpha value is -3.23. The average Bonchev–Trinajstić information content (AvgIpc) is 3.21. The zero-order valence-electron chi connectivity index (χ0n) is 19.7. The topological polar surface area (TPSA) is 105 Å². The van der Waals surface area contributed by atoms with E-state index in [1.807, 2.05) is 18.2 Å². The van der Waals surface area contributed by atoms with E-state index in [1.165, 1.54) is 23.8 Å². The molecule has 1 amide bonds. The summed E-state index contributed by atoms with van der Waals surface area (Å²) >= 11 is 0. The van der Waals surface area contributed by atoms with E-state index in [4.69, 9.17) is 5.73 Å². The first-order chi connectivity index (χ1) is 16.1. The first kappa shape index (κ1) is 23.9. The summed E-state index contributed by atoms with van der Waals surface area (Å²) in [4.78, 5) is 19.3. The van der Waals surface area contributed by atoms with E-state index in [2.05, 4.69) is 59.6 Å². The molecule has 0 bridgehead atoms. The number of benzene rings is 2. The first-order valence-electron chi connectivity index (χ1n) is 11.3. The number of nitrogens with zero attached hydrogens (tertiary/aromatic N) is 2. The van der Waals surface area contributed by atoms with Gasteiger partial charge >= 0.3 is 0 Å². The van der Waals surface area contributed by atoms with Gasteiger partial charge in [-0.15, -0.1) is 0 Å². The fraction of sp³-hybridized carbons (Fsp3) is 0.308. The highest BCUT2D eigenvalue weighted by Crippen LogP contribution is 2.34. The molecule has 0 aliphatic carbocycles. The number of likely N-dealkylation sites (tertiary alicyclic amines) is 1. The number of rotatable bonds is 6. The number of carbonyl (C=O) groups is 1. The third-order valence-electron chi connectivity index (χ3n) is 6.43. The number of hydrogen-bond donors (Lipinski definition) is 2. The van der Waals surface area contributed by atoms with Gasteiger partial charge in [0.1, 0.15) is 5.82 Å². The summed E-state index contributed by atoms with van der Waals surface area (Å²) in [6.07, 6.45) is 0.527. The van der Waals surface area contributed by atoms with Crippen LogP contribution in [0.3, 0.4) is 0 Å². The molecule has 1 fully saturated rings. The van der Waals surface area contributed by atoms with Gasteiger partial charge in [0.2, 0.25) is 0 Å². The first-order valence-corrected chi connectivity index (χ1v) is 12.8. The van der Waals surface area contributed by atoms with Crippen molar-refractivity contribution in [1.82, 2.24) is 14.6 Å². The summed E-state index contributed by atoms with van der Waals surface area (Å²) in [7, 11) is -4.14. The molecule has 2 aromatic carbocycles. The molecule has 3 aromatic rings. The smallest absolute Gasteiger partial charge is 0.281 e. The number of nitrogens with two attached hydrogens (primary N) is 1. The Labute approximate surface area is 201 Å². The highest BCUT2D eigenvalue weighted by Gasteiger charge is 2.39. The Bertz CT molecular complexity index is 1290. The molecule has 0 radical (unpaired) electrons. The van der Waals surface area contributed by atoms with Crippen LogP contribution in [-0.2, 0) is 21.4 Å². The lowest BCUT2D eigenvalue weighted by molar-refractivity contribution is -0.123. The Kier molecular flexibility index (Phi) is 6.72. The van der Waals surface area contributed by atoms with Gasteiger partial charge in [0.05, 0.1) is 6.04 Å². The van der Waals surface area contributed by atoms with Crippen LogP contribution in [0.5, 0.6) is 0 Å². The van der Waals surface area contributed by atoms with Crippen LogP contribution in [0, 0.1) is 20.8 Å². The summed E-state index contributed by atoms with van der Waals surface area (Å²) < 4.78 is 27.9. The predicted molar refractivity (Wildman–Crippen MR) is 133 cm³/mol. The number of nitrogens with one attached hydrogen (secondary N) is 1. The van der Waals surface area contributed by atoms with Crippen LogP contribution < -0.4 is 10.5 Å². The minimum absolute atomic E-state index is 0.0762. The zero-order chi connectivity index (χ0) is 24.5. The quantitative estimate of drug-likeness (QED) is 0.562. The van der Waals surface area contributed by atoms with Crippen molar-refractivity contribution in [2.75, 3.05) is 12.3 Å². The normalized spacial score (nSPS) is 18.7. The lowest BCUT2D eigenvalue weighted by Gasteiger charge is -2.25. The fourth-order valence-corrected chi connectivity index (χ4v) is 5.80. The molecular weight excluding hydrogens is 448 g/mol. The molecule has 34 heavy (non-hydrogen) atoms. The third-order valence-corrected chi connectivity index (χ3v) is 7.68. The lowest BCUT2D eigenvalue weighted by Crippen LogP contribution is -2.45.